The highest BCUT2D eigenvalue weighted by atomic mass is 16.6. The van der Waals surface area contributed by atoms with E-state index in [2.05, 4.69) is 33.1 Å². The summed E-state index contributed by atoms with van der Waals surface area (Å²) in [5.74, 6) is 0.620. The van der Waals surface area contributed by atoms with Gasteiger partial charge in [-0.2, -0.15) is 0 Å². The van der Waals surface area contributed by atoms with Crippen LogP contribution >= 0.6 is 0 Å². The molecule has 2 heterocycles. The predicted molar refractivity (Wildman–Crippen MR) is 277 cm³/mol. The van der Waals surface area contributed by atoms with Crippen LogP contribution < -0.4 is 9.47 Å². The molecule has 0 unspecified atom stereocenters. The standard InChI is InChI=1S/C58H76N4O10/c1-3-53(63)69-39-25-19-15-11-7-5-9-13-17-23-37-67-49-41-59-55(60-42-49)45-29-33-47(34-30-45)57(65)71-51-27-21-22-28-52(51)72-58(66)48-35-31-46(32-36-48)56-61-43-50(44-62-56)68-38-24-18-14-10-6-8-12-16-20-26-40-70-54(64)4-2/h3-4,29-36,41-44,51-52H,1-2,5-28,37-40H2/t51-,52-/m1/s1. The second-order valence-electron chi connectivity index (χ2n) is 18.3. The van der Waals surface area contributed by atoms with Gasteiger partial charge in [-0.3, -0.25) is 0 Å². The molecule has 1 saturated carbocycles. The van der Waals surface area contributed by atoms with Crippen LogP contribution in [0.25, 0.3) is 22.8 Å². The molecule has 1 aliphatic rings. The lowest BCUT2D eigenvalue weighted by Gasteiger charge is -2.30. The SMILES string of the molecule is C=CC(=O)OCCCCCCCCCCCCOc1cnc(-c2ccc(C(=O)O[C@@H]3CCCC[C@H]3OC(=O)c3ccc(-c4ncc(OCCCCCCCCCCCCOC(=O)C=C)cn4)cc3)cc2)nc1. The molecule has 2 aromatic carbocycles. The summed E-state index contributed by atoms with van der Waals surface area (Å²) in [6, 6.07) is 13.9. The molecule has 0 amide bonds. The Hall–Kier alpha value is -6.44. The van der Waals surface area contributed by atoms with Crippen molar-refractivity contribution in [2.45, 2.75) is 166 Å². The molecule has 4 aromatic rings. The molecule has 0 radical (unpaired) electrons. The van der Waals surface area contributed by atoms with Gasteiger partial charge in [0.2, 0.25) is 0 Å². The second-order valence-corrected chi connectivity index (χ2v) is 18.3. The first-order valence-electron chi connectivity index (χ1n) is 26.4. The fourth-order valence-electron chi connectivity index (χ4n) is 8.41. The van der Waals surface area contributed by atoms with Gasteiger partial charge in [-0.1, -0.05) is 140 Å². The number of nitrogens with zero attached hydrogens (tertiary/aromatic N) is 4. The van der Waals surface area contributed by atoms with E-state index < -0.39 is 24.1 Å². The van der Waals surface area contributed by atoms with E-state index in [1.807, 2.05) is 0 Å². The summed E-state index contributed by atoms with van der Waals surface area (Å²) in [6.07, 6.45) is 33.5. The lowest BCUT2D eigenvalue weighted by molar-refractivity contribution is -0.138. The Morgan fingerprint density at radius 3 is 1.03 bits per heavy atom. The number of unbranched alkanes of at least 4 members (excludes halogenated alkanes) is 18. The zero-order valence-corrected chi connectivity index (χ0v) is 42.3. The first-order chi connectivity index (χ1) is 35.3. The molecule has 388 valence electrons. The van der Waals surface area contributed by atoms with Crippen molar-refractivity contribution in [3.63, 3.8) is 0 Å². The fourth-order valence-corrected chi connectivity index (χ4v) is 8.41. The zero-order chi connectivity index (χ0) is 50.9. The van der Waals surface area contributed by atoms with E-state index >= 15 is 0 Å². The van der Waals surface area contributed by atoms with Gasteiger partial charge in [0.05, 0.1) is 62.3 Å². The Balaban J connectivity index is 0.927. The third-order valence-electron chi connectivity index (χ3n) is 12.6. The van der Waals surface area contributed by atoms with Crippen LogP contribution in [0.1, 0.15) is 175 Å². The molecule has 14 nitrogen and oxygen atoms in total. The van der Waals surface area contributed by atoms with Crippen molar-refractivity contribution in [2.75, 3.05) is 26.4 Å². The number of aromatic nitrogens is 4. The Labute approximate surface area is 426 Å². The molecule has 0 bridgehead atoms. The molecule has 0 spiro atoms. The lowest BCUT2D eigenvalue weighted by Crippen LogP contribution is -2.37. The minimum absolute atomic E-state index is 0.349. The van der Waals surface area contributed by atoms with Crippen LogP contribution in [0.4, 0.5) is 0 Å². The highest BCUT2D eigenvalue weighted by molar-refractivity contribution is 5.91. The number of benzene rings is 2. The van der Waals surface area contributed by atoms with Crippen LogP contribution in [0.2, 0.25) is 0 Å². The largest absolute Gasteiger partial charge is 0.490 e. The molecule has 0 saturated heterocycles. The van der Waals surface area contributed by atoms with E-state index in [1.54, 1.807) is 73.3 Å². The average molecular weight is 989 g/mol. The van der Waals surface area contributed by atoms with Gasteiger partial charge in [0.15, 0.2) is 23.1 Å². The van der Waals surface area contributed by atoms with Crippen LogP contribution in [-0.2, 0) is 28.5 Å². The fraction of sp³-hybridized carbons (Fsp3) is 0.517. The Bertz CT molecular complexity index is 2040. The van der Waals surface area contributed by atoms with Gasteiger partial charge >= 0.3 is 23.9 Å². The average Bonchev–Trinajstić information content (AvgIpc) is 3.41. The molecule has 14 heteroatoms. The highest BCUT2D eigenvalue weighted by Gasteiger charge is 2.32. The van der Waals surface area contributed by atoms with Gasteiger partial charge in [-0.05, 0) is 75.6 Å². The summed E-state index contributed by atoms with van der Waals surface area (Å²) in [6.45, 7) is 8.97. The van der Waals surface area contributed by atoms with Gasteiger partial charge in [0.1, 0.15) is 12.2 Å². The number of hydrogen-bond donors (Lipinski definition) is 0. The summed E-state index contributed by atoms with van der Waals surface area (Å²) in [5.41, 5.74) is 2.29. The van der Waals surface area contributed by atoms with E-state index in [1.165, 1.54) is 89.2 Å². The maximum atomic E-state index is 13.3. The maximum absolute atomic E-state index is 13.3. The third kappa shape index (κ3) is 21.9. The molecule has 1 fully saturated rings. The molecular weight excluding hydrogens is 913 g/mol. The number of hydrogen-bond acceptors (Lipinski definition) is 14. The Morgan fingerprint density at radius 1 is 0.431 bits per heavy atom. The second kappa shape index (κ2) is 34.0. The summed E-state index contributed by atoms with van der Waals surface area (Å²) < 4.78 is 33.7. The molecule has 2 atom stereocenters. The summed E-state index contributed by atoms with van der Waals surface area (Å²) in [4.78, 5) is 66.6. The van der Waals surface area contributed by atoms with Crippen molar-refractivity contribution in [3.05, 3.63) is 110 Å². The van der Waals surface area contributed by atoms with E-state index in [9.17, 15) is 19.2 Å². The number of carbonyl (C=O) groups is 4. The first-order valence-corrected chi connectivity index (χ1v) is 26.4. The van der Waals surface area contributed by atoms with E-state index in [0.29, 0.717) is 73.5 Å². The molecule has 2 aromatic heterocycles. The van der Waals surface area contributed by atoms with Crippen LogP contribution in [0.3, 0.4) is 0 Å². The molecule has 0 N–H and O–H groups in total. The smallest absolute Gasteiger partial charge is 0.338 e. The number of carbonyl (C=O) groups excluding carboxylic acids is 4. The van der Waals surface area contributed by atoms with Crippen molar-refractivity contribution < 1.29 is 47.6 Å². The van der Waals surface area contributed by atoms with Gasteiger partial charge in [0.25, 0.3) is 0 Å². The number of rotatable bonds is 36. The normalized spacial score (nSPS) is 14.2. The minimum Gasteiger partial charge on any atom is -0.490 e. The highest BCUT2D eigenvalue weighted by Crippen LogP contribution is 2.27. The zero-order valence-electron chi connectivity index (χ0n) is 42.3. The quantitative estimate of drug-likeness (QED) is 0.0182. The van der Waals surface area contributed by atoms with Crippen LogP contribution in [-0.4, -0.2) is 82.4 Å². The number of esters is 4. The lowest BCUT2D eigenvalue weighted by atomic mass is 9.94. The predicted octanol–water partition coefficient (Wildman–Crippen LogP) is 12.9. The van der Waals surface area contributed by atoms with Crippen molar-refractivity contribution in [1.29, 1.82) is 0 Å². The van der Waals surface area contributed by atoms with Crippen molar-refractivity contribution in [3.8, 4) is 34.3 Å². The van der Waals surface area contributed by atoms with Crippen molar-refractivity contribution in [2.24, 2.45) is 0 Å². The Kier molecular flexibility index (Phi) is 26.7. The van der Waals surface area contributed by atoms with Crippen LogP contribution in [0.5, 0.6) is 11.5 Å². The summed E-state index contributed by atoms with van der Waals surface area (Å²) >= 11 is 0. The first kappa shape index (κ1) is 56.5. The van der Waals surface area contributed by atoms with Crippen molar-refractivity contribution >= 4 is 23.9 Å². The molecular formula is C58H76N4O10. The van der Waals surface area contributed by atoms with Gasteiger partial charge < -0.3 is 28.4 Å². The topological polar surface area (TPSA) is 175 Å². The summed E-state index contributed by atoms with van der Waals surface area (Å²) in [5, 5.41) is 0. The molecule has 1 aliphatic carbocycles. The third-order valence-corrected chi connectivity index (χ3v) is 12.6. The van der Waals surface area contributed by atoms with Gasteiger partial charge in [0, 0.05) is 23.3 Å². The monoisotopic (exact) mass is 989 g/mol. The van der Waals surface area contributed by atoms with E-state index in [0.717, 1.165) is 75.3 Å². The minimum atomic E-state index is -0.560. The van der Waals surface area contributed by atoms with Crippen LogP contribution in [0, 0.1) is 0 Å². The Morgan fingerprint density at radius 2 is 0.722 bits per heavy atom. The summed E-state index contributed by atoms with van der Waals surface area (Å²) in [7, 11) is 0. The maximum Gasteiger partial charge on any atom is 0.338 e. The van der Waals surface area contributed by atoms with Gasteiger partial charge in [-0.15, -0.1) is 0 Å². The van der Waals surface area contributed by atoms with Crippen LogP contribution in [0.15, 0.2) is 98.6 Å². The van der Waals surface area contributed by atoms with E-state index in [4.69, 9.17) is 28.4 Å². The molecule has 0 aliphatic heterocycles. The van der Waals surface area contributed by atoms with Gasteiger partial charge in [-0.25, -0.2) is 39.1 Å². The van der Waals surface area contributed by atoms with E-state index in [-0.39, 0.29) is 11.9 Å². The van der Waals surface area contributed by atoms with Crippen molar-refractivity contribution in [1.82, 2.24) is 19.9 Å². The number of ether oxygens (including phenoxy) is 6. The molecule has 5 rings (SSSR count). The molecule has 72 heavy (non-hydrogen) atoms.